The van der Waals surface area contributed by atoms with Crippen LogP contribution >= 0.6 is 0 Å². The van der Waals surface area contributed by atoms with Gasteiger partial charge in [-0.1, -0.05) is 12.1 Å². The second-order valence-electron chi connectivity index (χ2n) is 7.56. The monoisotopic (exact) mass is 355 g/mol. The van der Waals surface area contributed by atoms with Crippen molar-refractivity contribution in [2.75, 3.05) is 52.6 Å². The number of amides is 1. The quantitative estimate of drug-likeness (QED) is 0.817. The molecule has 6 heteroatoms. The fraction of sp³-hybridized carbons (Fsp3) is 0.600. The highest BCUT2D eigenvalue weighted by Gasteiger charge is 2.54. The summed E-state index contributed by atoms with van der Waals surface area (Å²) in [5.41, 5.74) is 1.54. The molecule has 0 radical (unpaired) electrons. The maximum absolute atomic E-state index is 13.4. The van der Waals surface area contributed by atoms with Crippen LogP contribution in [0.25, 0.3) is 0 Å². The summed E-state index contributed by atoms with van der Waals surface area (Å²) in [5.74, 6) is 0.543. The summed E-state index contributed by atoms with van der Waals surface area (Å²) in [4.78, 5) is 17.8. The number of nitrogens with zero attached hydrogens (tertiary/aromatic N) is 3. The zero-order valence-corrected chi connectivity index (χ0v) is 15.0. The van der Waals surface area contributed by atoms with E-state index in [1.54, 1.807) is 0 Å². The second kappa shape index (κ2) is 7.36. The van der Waals surface area contributed by atoms with Crippen LogP contribution < -0.4 is 0 Å². The Morgan fingerprint density at radius 2 is 1.96 bits per heavy atom. The highest BCUT2D eigenvalue weighted by atomic mass is 16.5. The van der Waals surface area contributed by atoms with E-state index in [4.69, 9.17) is 14.7 Å². The van der Waals surface area contributed by atoms with Crippen molar-refractivity contribution in [2.45, 2.75) is 13.0 Å². The van der Waals surface area contributed by atoms with Crippen molar-refractivity contribution in [3.63, 3.8) is 0 Å². The summed E-state index contributed by atoms with van der Waals surface area (Å²) in [6.07, 6.45) is 0.803. The number of likely N-dealkylation sites (tertiary alicyclic amines) is 1. The van der Waals surface area contributed by atoms with Gasteiger partial charge in [-0.15, -0.1) is 0 Å². The highest BCUT2D eigenvalue weighted by molar-refractivity contribution is 5.84. The number of hydrogen-bond donors (Lipinski definition) is 0. The van der Waals surface area contributed by atoms with Crippen LogP contribution in [0.2, 0.25) is 0 Å². The molecule has 0 N–H and O–H groups in total. The largest absolute Gasteiger partial charge is 0.381 e. The SMILES string of the molecule is N#Cc1ccc(CN2CC3COCCC3(C(=O)N3CCOCC3)C2)cc1. The van der Waals surface area contributed by atoms with Gasteiger partial charge in [-0.05, 0) is 24.1 Å². The zero-order valence-electron chi connectivity index (χ0n) is 15.0. The lowest BCUT2D eigenvalue weighted by atomic mass is 9.73. The first-order valence-electron chi connectivity index (χ1n) is 9.37. The number of nitriles is 1. The Balaban J connectivity index is 1.50. The lowest BCUT2D eigenvalue weighted by Crippen LogP contribution is -2.54. The standard InChI is InChI=1S/C20H25N3O3/c21-11-16-1-3-17(4-2-16)12-22-13-18-14-26-8-5-20(18,15-22)19(24)23-6-9-25-10-7-23/h1-4,18H,5-10,12-15H2. The first kappa shape index (κ1) is 17.5. The summed E-state index contributed by atoms with van der Waals surface area (Å²) in [5, 5.41) is 8.95. The van der Waals surface area contributed by atoms with Crippen molar-refractivity contribution in [3.8, 4) is 6.07 Å². The summed E-state index contributed by atoms with van der Waals surface area (Å²) in [6.45, 7) is 6.48. The van der Waals surface area contributed by atoms with Crippen LogP contribution in [-0.4, -0.2) is 68.3 Å². The number of benzene rings is 1. The molecule has 2 atom stereocenters. The van der Waals surface area contributed by atoms with Gasteiger partial charge in [0.2, 0.25) is 5.91 Å². The van der Waals surface area contributed by atoms with Crippen molar-refractivity contribution >= 4 is 5.91 Å². The van der Waals surface area contributed by atoms with E-state index >= 15 is 0 Å². The van der Waals surface area contributed by atoms with Crippen LogP contribution in [0.3, 0.4) is 0 Å². The first-order valence-corrected chi connectivity index (χ1v) is 9.37. The lowest BCUT2D eigenvalue weighted by Gasteiger charge is -2.41. The Morgan fingerprint density at radius 1 is 1.19 bits per heavy atom. The smallest absolute Gasteiger partial charge is 0.230 e. The lowest BCUT2D eigenvalue weighted by molar-refractivity contribution is -0.154. The third-order valence-corrected chi connectivity index (χ3v) is 5.99. The van der Waals surface area contributed by atoms with E-state index in [1.807, 2.05) is 29.2 Å². The van der Waals surface area contributed by atoms with Crippen LogP contribution in [0.15, 0.2) is 24.3 Å². The molecule has 1 aromatic carbocycles. The van der Waals surface area contributed by atoms with Gasteiger partial charge in [-0.2, -0.15) is 5.26 Å². The minimum Gasteiger partial charge on any atom is -0.381 e. The minimum absolute atomic E-state index is 0.255. The number of fused-ring (bicyclic) bond motifs is 1. The van der Waals surface area contributed by atoms with E-state index in [9.17, 15) is 4.79 Å². The van der Waals surface area contributed by atoms with Gasteiger partial charge < -0.3 is 14.4 Å². The van der Waals surface area contributed by atoms with Crippen molar-refractivity contribution < 1.29 is 14.3 Å². The topological polar surface area (TPSA) is 65.8 Å². The molecule has 0 saturated carbocycles. The van der Waals surface area contributed by atoms with Gasteiger partial charge in [0.25, 0.3) is 0 Å². The first-order chi connectivity index (χ1) is 12.7. The Bertz CT molecular complexity index is 693. The average Bonchev–Trinajstić information content (AvgIpc) is 3.07. The van der Waals surface area contributed by atoms with Crippen molar-refractivity contribution in [1.82, 2.24) is 9.80 Å². The maximum Gasteiger partial charge on any atom is 0.230 e. The van der Waals surface area contributed by atoms with Crippen LogP contribution in [-0.2, 0) is 20.8 Å². The van der Waals surface area contributed by atoms with Crippen LogP contribution in [0.5, 0.6) is 0 Å². The number of carbonyl (C=O) groups excluding carboxylic acids is 1. The van der Waals surface area contributed by atoms with Gasteiger partial charge in [0, 0.05) is 45.2 Å². The number of morpholine rings is 1. The van der Waals surface area contributed by atoms with E-state index in [0.717, 1.165) is 26.1 Å². The number of hydrogen-bond acceptors (Lipinski definition) is 5. The van der Waals surface area contributed by atoms with Gasteiger partial charge in [0.05, 0.1) is 36.9 Å². The average molecular weight is 355 g/mol. The Morgan fingerprint density at radius 3 is 2.69 bits per heavy atom. The summed E-state index contributed by atoms with van der Waals surface area (Å²) >= 11 is 0. The molecule has 0 aliphatic carbocycles. The summed E-state index contributed by atoms with van der Waals surface area (Å²) in [6, 6.07) is 9.88. The van der Waals surface area contributed by atoms with Gasteiger partial charge in [-0.3, -0.25) is 9.69 Å². The third-order valence-electron chi connectivity index (χ3n) is 5.99. The van der Waals surface area contributed by atoms with Crippen molar-refractivity contribution in [1.29, 1.82) is 5.26 Å². The molecule has 1 aromatic rings. The van der Waals surface area contributed by atoms with E-state index < -0.39 is 0 Å². The molecule has 0 bridgehead atoms. The van der Waals surface area contributed by atoms with Gasteiger partial charge in [0.1, 0.15) is 0 Å². The molecule has 138 valence electrons. The Labute approximate surface area is 154 Å². The van der Waals surface area contributed by atoms with E-state index in [-0.39, 0.29) is 17.2 Å². The molecular formula is C20H25N3O3. The van der Waals surface area contributed by atoms with Crippen LogP contribution in [0, 0.1) is 22.7 Å². The molecule has 3 aliphatic heterocycles. The van der Waals surface area contributed by atoms with E-state index in [0.29, 0.717) is 45.1 Å². The molecule has 0 spiro atoms. The number of ether oxygens (including phenoxy) is 2. The maximum atomic E-state index is 13.4. The molecule has 3 saturated heterocycles. The van der Waals surface area contributed by atoms with Gasteiger partial charge >= 0.3 is 0 Å². The molecular weight excluding hydrogens is 330 g/mol. The van der Waals surface area contributed by atoms with Gasteiger partial charge in [0.15, 0.2) is 0 Å². The Hall–Kier alpha value is -1.94. The highest BCUT2D eigenvalue weighted by Crippen LogP contribution is 2.44. The van der Waals surface area contributed by atoms with Crippen molar-refractivity contribution in [3.05, 3.63) is 35.4 Å². The fourth-order valence-electron chi connectivity index (χ4n) is 4.55. The van der Waals surface area contributed by atoms with Crippen LogP contribution in [0.1, 0.15) is 17.5 Å². The number of rotatable bonds is 3. The second-order valence-corrected chi connectivity index (χ2v) is 7.56. The molecule has 2 unspecified atom stereocenters. The summed E-state index contributed by atoms with van der Waals surface area (Å²) in [7, 11) is 0. The number of carbonyl (C=O) groups is 1. The molecule has 3 heterocycles. The molecule has 1 amide bonds. The van der Waals surface area contributed by atoms with E-state index in [1.165, 1.54) is 5.56 Å². The predicted molar refractivity (Wildman–Crippen MR) is 95.2 cm³/mol. The van der Waals surface area contributed by atoms with Crippen molar-refractivity contribution in [2.24, 2.45) is 11.3 Å². The molecule has 26 heavy (non-hydrogen) atoms. The zero-order chi connectivity index (χ0) is 18.0. The summed E-state index contributed by atoms with van der Waals surface area (Å²) < 4.78 is 11.1. The minimum atomic E-state index is -0.317. The Kier molecular flexibility index (Phi) is 4.94. The van der Waals surface area contributed by atoms with Gasteiger partial charge in [-0.25, -0.2) is 0 Å². The van der Waals surface area contributed by atoms with Crippen LogP contribution in [0.4, 0.5) is 0 Å². The fourth-order valence-corrected chi connectivity index (χ4v) is 4.55. The molecule has 6 nitrogen and oxygen atoms in total. The molecule has 3 fully saturated rings. The molecule has 4 rings (SSSR count). The molecule has 3 aliphatic rings. The van der Waals surface area contributed by atoms with E-state index in [2.05, 4.69) is 11.0 Å². The molecule has 0 aromatic heterocycles. The normalized spacial score (nSPS) is 29.2. The predicted octanol–water partition coefficient (Wildman–Crippen LogP) is 1.26. The third kappa shape index (κ3) is 3.23.